The van der Waals surface area contributed by atoms with Crippen LogP contribution in [0.5, 0.6) is 0 Å². The van der Waals surface area contributed by atoms with Gasteiger partial charge in [0, 0.05) is 12.5 Å². The van der Waals surface area contributed by atoms with E-state index in [1.54, 1.807) is 5.57 Å². The predicted octanol–water partition coefficient (Wildman–Crippen LogP) is 8.27. The van der Waals surface area contributed by atoms with Gasteiger partial charge in [0.2, 0.25) is 0 Å². The number of fused-ring (bicyclic) bond motifs is 5. The first kappa shape index (κ1) is 26.4. The van der Waals surface area contributed by atoms with E-state index < -0.39 is 0 Å². The summed E-state index contributed by atoms with van der Waals surface area (Å²) in [6.07, 6.45) is 23.0. The summed E-state index contributed by atoms with van der Waals surface area (Å²) in [7, 11) is 0. The molecule has 4 rings (SSSR count). The second-order valence-corrected chi connectivity index (χ2v) is 13.8. The maximum absolute atomic E-state index is 10.4. The van der Waals surface area contributed by atoms with Gasteiger partial charge < -0.3 is 5.32 Å². The quantitative estimate of drug-likeness (QED) is 0.244. The van der Waals surface area contributed by atoms with Gasteiger partial charge in [0.05, 0.1) is 0 Å². The zero-order chi connectivity index (χ0) is 24.3. The van der Waals surface area contributed by atoms with Gasteiger partial charge >= 0.3 is 0 Å². The number of rotatable bonds is 11. The van der Waals surface area contributed by atoms with Crippen molar-refractivity contribution in [3.8, 4) is 0 Å². The highest BCUT2D eigenvalue weighted by molar-refractivity contribution is 5.50. The summed E-state index contributed by atoms with van der Waals surface area (Å²) >= 11 is 0. The van der Waals surface area contributed by atoms with Crippen molar-refractivity contribution in [2.45, 2.75) is 131 Å². The first-order valence-electron chi connectivity index (χ1n) is 15.1. The largest absolute Gasteiger partial charge is 0.314 e. The summed E-state index contributed by atoms with van der Waals surface area (Å²) in [6, 6.07) is 0.646. The average Bonchev–Trinajstić information content (AvgIpc) is 3.16. The Kier molecular flexibility index (Phi) is 8.69. The van der Waals surface area contributed by atoms with Gasteiger partial charge in [0.1, 0.15) is 0 Å². The minimum absolute atomic E-state index is 0.454. The fraction of sp³-hybridized carbons (Fsp3) is 0.906. The Morgan fingerprint density at radius 1 is 1.00 bits per heavy atom. The van der Waals surface area contributed by atoms with E-state index in [1.807, 2.05) is 6.29 Å². The van der Waals surface area contributed by atoms with Crippen LogP contribution in [0, 0.1) is 46.3 Å². The molecular weight excluding hydrogens is 414 g/mol. The standard InChI is InChI=1S/C32H54NO/c1-23(2)10-9-11-24(3)28-14-15-29-27-13-12-25-22-26(33-20-7-6-8-21-34)16-18-31(25,4)30(27)17-19-32(28,29)5/h12,23-24,26-30,33H,6-11,13-20,22H2,1-5H3/t24-,26+,27?,28-,29?,30?,31+,32-/m1/s1. The molecule has 3 saturated carbocycles. The van der Waals surface area contributed by atoms with Crippen LogP contribution in [-0.4, -0.2) is 18.9 Å². The summed E-state index contributed by atoms with van der Waals surface area (Å²) < 4.78 is 0. The highest BCUT2D eigenvalue weighted by atomic mass is 16.1. The number of nitrogens with one attached hydrogen (secondary N) is 1. The Balaban J connectivity index is 1.38. The first-order valence-corrected chi connectivity index (χ1v) is 15.1. The van der Waals surface area contributed by atoms with Crippen molar-refractivity contribution in [2.75, 3.05) is 6.54 Å². The maximum atomic E-state index is 10.4. The van der Waals surface area contributed by atoms with Gasteiger partial charge in [0.25, 0.3) is 0 Å². The molecule has 0 amide bonds. The smallest absolute Gasteiger partial charge is 0.198 e. The summed E-state index contributed by atoms with van der Waals surface area (Å²) in [5.74, 6) is 5.53. The van der Waals surface area contributed by atoms with Crippen molar-refractivity contribution in [1.82, 2.24) is 5.32 Å². The third kappa shape index (κ3) is 5.23. The van der Waals surface area contributed by atoms with Crippen molar-refractivity contribution >= 4 is 6.29 Å². The van der Waals surface area contributed by atoms with Gasteiger partial charge in [-0.3, -0.25) is 4.79 Å². The van der Waals surface area contributed by atoms with Crippen molar-refractivity contribution < 1.29 is 4.79 Å². The molecule has 2 heteroatoms. The molecule has 193 valence electrons. The van der Waals surface area contributed by atoms with Crippen LogP contribution >= 0.6 is 0 Å². The number of hydrogen-bond acceptors (Lipinski definition) is 2. The van der Waals surface area contributed by atoms with Gasteiger partial charge in [-0.15, -0.1) is 0 Å². The molecule has 3 unspecified atom stereocenters. The third-order valence-corrected chi connectivity index (χ3v) is 11.4. The maximum Gasteiger partial charge on any atom is 0.198 e. The Morgan fingerprint density at radius 2 is 1.82 bits per heavy atom. The molecule has 0 spiro atoms. The first-order chi connectivity index (χ1) is 16.3. The topological polar surface area (TPSA) is 29.1 Å². The van der Waals surface area contributed by atoms with E-state index in [0.717, 1.165) is 54.9 Å². The van der Waals surface area contributed by atoms with Crippen LogP contribution < -0.4 is 5.32 Å². The second-order valence-electron chi connectivity index (χ2n) is 13.8. The van der Waals surface area contributed by atoms with Crippen LogP contribution in [0.4, 0.5) is 0 Å². The van der Waals surface area contributed by atoms with E-state index >= 15 is 0 Å². The molecule has 4 aliphatic carbocycles. The van der Waals surface area contributed by atoms with Crippen LogP contribution in [0.25, 0.3) is 0 Å². The van der Waals surface area contributed by atoms with Crippen molar-refractivity contribution in [3.05, 3.63) is 11.6 Å². The second kappa shape index (κ2) is 11.2. The Bertz CT molecular complexity index is 712. The lowest BCUT2D eigenvalue weighted by Crippen LogP contribution is -2.51. The van der Waals surface area contributed by atoms with Gasteiger partial charge in [-0.2, -0.15) is 0 Å². The number of unbranched alkanes of at least 4 members (excludes halogenated alkanes) is 2. The SMILES string of the molecule is CC(C)CCC[C@@H](C)[C@H]1CCC2C3CC=C4C[C@@H](NCCCC[C]=O)CC[C@]4(C)C3CC[C@@]21C. The van der Waals surface area contributed by atoms with Crippen molar-refractivity contribution in [2.24, 2.45) is 46.3 Å². The molecule has 0 aromatic heterocycles. The fourth-order valence-electron chi connectivity index (χ4n) is 9.49. The number of carbonyl (C=O) groups excluding carboxylic acids is 1. The molecule has 4 aliphatic rings. The minimum atomic E-state index is 0.454. The highest BCUT2D eigenvalue weighted by Gasteiger charge is 2.59. The van der Waals surface area contributed by atoms with E-state index in [4.69, 9.17) is 0 Å². The minimum Gasteiger partial charge on any atom is -0.314 e. The lowest BCUT2D eigenvalue weighted by atomic mass is 9.47. The van der Waals surface area contributed by atoms with Gasteiger partial charge in [0.15, 0.2) is 6.29 Å². The summed E-state index contributed by atoms with van der Waals surface area (Å²) in [5, 5.41) is 3.82. The van der Waals surface area contributed by atoms with Crippen LogP contribution in [0.3, 0.4) is 0 Å². The lowest BCUT2D eigenvalue weighted by molar-refractivity contribution is -0.0514. The van der Waals surface area contributed by atoms with Gasteiger partial charge in [-0.05, 0) is 117 Å². The Hall–Kier alpha value is -0.630. The van der Waals surface area contributed by atoms with Crippen LogP contribution in [-0.2, 0) is 4.79 Å². The van der Waals surface area contributed by atoms with Gasteiger partial charge in [-0.1, -0.05) is 65.5 Å². The summed E-state index contributed by atoms with van der Waals surface area (Å²) in [6.45, 7) is 13.8. The summed E-state index contributed by atoms with van der Waals surface area (Å²) in [4.78, 5) is 10.4. The van der Waals surface area contributed by atoms with Crippen LogP contribution in [0.15, 0.2) is 11.6 Å². The highest BCUT2D eigenvalue weighted by Crippen LogP contribution is 2.67. The van der Waals surface area contributed by atoms with Crippen LogP contribution in [0.1, 0.15) is 125 Å². The molecular formula is C32H54NO. The molecule has 0 bridgehead atoms. The predicted molar refractivity (Wildman–Crippen MR) is 144 cm³/mol. The molecule has 1 radical (unpaired) electrons. The zero-order valence-electron chi connectivity index (χ0n) is 23.1. The summed E-state index contributed by atoms with van der Waals surface area (Å²) in [5.41, 5.74) is 2.84. The monoisotopic (exact) mass is 468 g/mol. The third-order valence-electron chi connectivity index (χ3n) is 11.4. The molecule has 8 atom stereocenters. The Labute approximate surface area is 211 Å². The van der Waals surface area contributed by atoms with Gasteiger partial charge in [-0.25, -0.2) is 0 Å². The molecule has 0 aromatic carbocycles. The van der Waals surface area contributed by atoms with Crippen LogP contribution in [0.2, 0.25) is 0 Å². The lowest BCUT2D eigenvalue weighted by Gasteiger charge is -2.58. The molecule has 34 heavy (non-hydrogen) atoms. The molecule has 3 fully saturated rings. The van der Waals surface area contributed by atoms with E-state index in [9.17, 15) is 4.79 Å². The van der Waals surface area contributed by atoms with E-state index in [-0.39, 0.29) is 0 Å². The molecule has 0 aromatic rings. The van der Waals surface area contributed by atoms with Crippen molar-refractivity contribution in [1.29, 1.82) is 0 Å². The molecule has 1 N–H and O–H groups in total. The van der Waals surface area contributed by atoms with Crippen molar-refractivity contribution in [3.63, 3.8) is 0 Å². The Morgan fingerprint density at radius 3 is 2.59 bits per heavy atom. The van der Waals surface area contributed by atoms with E-state index in [0.29, 0.717) is 23.3 Å². The normalized spacial score (nSPS) is 40.3. The zero-order valence-corrected chi connectivity index (χ0v) is 23.1. The number of allylic oxidation sites excluding steroid dienone is 1. The molecule has 0 heterocycles. The van der Waals surface area contributed by atoms with E-state index in [2.05, 4.69) is 46.0 Å². The number of hydrogen-bond donors (Lipinski definition) is 1. The molecule has 0 saturated heterocycles. The molecule has 0 aliphatic heterocycles. The molecule has 2 nitrogen and oxygen atoms in total. The fourth-order valence-corrected chi connectivity index (χ4v) is 9.49. The van der Waals surface area contributed by atoms with E-state index in [1.165, 1.54) is 70.6 Å². The average molecular weight is 469 g/mol.